The molecule has 0 bridgehead atoms. The smallest absolute Gasteiger partial charge is 0.343 e. The Hall–Kier alpha value is -1.28. The number of thioether (sulfide) groups is 1. The Balaban J connectivity index is 1.86. The molecular weight excluding hydrogens is 292 g/mol. The van der Waals surface area contributed by atoms with Crippen LogP contribution in [0.15, 0.2) is 9.95 Å². The number of esters is 1. The maximum absolute atomic E-state index is 11.7. The lowest BCUT2D eigenvalue weighted by atomic mass is 10.2. The van der Waals surface area contributed by atoms with Crippen molar-refractivity contribution in [1.82, 2.24) is 20.1 Å². The number of H-pyrrole nitrogens is 1. The number of aromatic nitrogens is 3. The molecule has 2 N–H and O–H groups in total. The molecule has 8 heteroatoms. The molecule has 1 atom stereocenters. The number of hydrogen-bond donors (Lipinski definition) is 2. The molecule has 1 saturated carbocycles. The molecule has 1 heterocycles. The minimum Gasteiger partial charge on any atom is -0.468 e. The van der Waals surface area contributed by atoms with Crippen LogP contribution in [-0.4, -0.2) is 45.7 Å². The third kappa shape index (κ3) is 4.60. The number of methoxy groups -OCH3 is 1. The minimum absolute atomic E-state index is 0.181. The van der Waals surface area contributed by atoms with E-state index in [1.807, 2.05) is 6.92 Å². The second kappa shape index (κ2) is 7.65. The molecule has 21 heavy (non-hydrogen) atoms. The summed E-state index contributed by atoms with van der Waals surface area (Å²) in [5.41, 5.74) is -0.181. The van der Waals surface area contributed by atoms with E-state index >= 15 is 0 Å². The maximum atomic E-state index is 11.7. The van der Waals surface area contributed by atoms with Crippen molar-refractivity contribution >= 4 is 17.7 Å². The summed E-state index contributed by atoms with van der Waals surface area (Å²) >= 11 is 1.48. The molecule has 7 nitrogen and oxygen atoms in total. The average Bonchev–Trinajstić information content (AvgIpc) is 3.24. The third-order valence-electron chi connectivity index (χ3n) is 3.31. The summed E-state index contributed by atoms with van der Waals surface area (Å²) in [5.74, 6) is 0.475. The van der Waals surface area contributed by atoms with Crippen molar-refractivity contribution in [2.24, 2.45) is 0 Å². The van der Waals surface area contributed by atoms with Crippen LogP contribution in [0.1, 0.15) is 32.6 Å². The van der Waals surface area contributed by atoms with Gasteiger partial charge in [-0.3, -0.25) is 9.36 Å². The highest BCUT2D eigenvalue weighted by Crippen LogP contribution is 2.21. The highest BCUT2D eigenvalue weighted by molar-refractivity contribution is 7.99. The van der Waals surface area contributed by atoms with Crippen molar-refractivity contribution in [1.29, 1.82) is 0 Å². The standard InChI is InChI=1S/C13H22N4O3S/c1-3-7-17-12(19)15-16-13(17)21-8-6-10(11(18)20-2)14-9-4-5-9/h9-10,14H,3-8H2,1-2H3,(H,15,19). The summed E-state index contributed by atoms with van der Waals surface area (Å²) in [7, 11) is 1.41. The van der Waals surface area contributed by atoms with E-state index in [4.69, 9.17) is 4.74 Å². The van der Waals surface area contributed by atoms with Gasteiger partial charge >= 0.3 is 11.7 Å². The van der Waals surface area contributed by atoms with Gasteiger partial charge in [-0.25, -0.2) is 9.89 Å². The van der Waals surface area contributed by atoms with Crippen molar-refractivity contribution in [3.05, 3.63) is 10.5 Å². The summed E-state index contributed by atoms with van der Waals surface area (Å²) < 4.78 is 6.45. The normalized spacial score (nSPS) is 15.9. The van der Waals surface area contributed by atoms with Crippen LogP contribution < -0.4 is 11.0 Å². The van der Waals surface area contributed by atoms with Gasteiger partial charge in [0.1, 0.15) is 6.04 Å². The van der Waals surface area contributed by atoms with Crippen LogP contribution in [0, 0.1) is 0 Å². The molecule has 0 spiro atoms. The van der Waals surface area contributed by atoms with Crippen molar-refractivity contribution in [2.75, 3.05) is 12.9 Å². The van der Waals surface area contributed by atoms with Crippen molar-refractivity contribution < 1.29 is 9.53 Å². The van der Waals surface area contributed by atoms with E-state index in [0.29, 0.717) is 29.9 Å². The Labute approximate surface area is 127 Å². The summed E-state index contributed by atoms with van der Waals surface area (Å²) in [4.78, 5) is 23.3. The van der Waals surface area contributed by atoms with Crippen LogP contribution in [0.2, 0.25) is 0 Å². The largest absolute Gasteiger partial charge is 0.468 e. The fourth-order valence-electron chi connectivity index (χ4n) is 2.05. The Morgan fingerprint density at radius 3 is 3.00 bits per heavy atom. The van der Waals surface area contributed by atoms with Crippen LogP contribution in [-0.2, 0) is 16.1 Å². The maximum Gasteiger partial charge on any atom is 0.343 e. The van der Waals surface area contributed by atoms with Gasteiger partial charge in [0.05, 0.1) is 7.11 Å². The van der Waals surface area contributed by atoms with Crippen LogP contribution in [0.4, 0.5) is 0 Å². The first-order valence-electron chi connectivity index (χ1n) is 7.27. The summed E-state index contributed by atoms with van der Waals surface area (Å²) in [6, 6.07) is 0.169. The fourth-order valence-corrected chi connectivity index (χ4v) is 3.02. The topological polar surface area (TPSA) is 89.0 Å². The van der Waals surface area contributed by atoms with Gasteiger partial charge in [-0.2, -0.15) is 0 Å². The number of carbonyl (C=O) groups is 1. The van der Waals surface area contributed by atoms with E-state index in [1.165, 1.54) is 18.9 Å². The first-order valence-corrected chi connectivity index (χ1v) is 8.26. The molecule has 1 unspecified atom stereocenters. The number of nitrogens with zero attached hydrogens (tertiary/aromatic N) is 2. The van der Waals surface area contributed by atoms with Gasteiger partial charge in [0.25, 0.3) is 0 Å². The summed E-state index contributed by atoms with van der Waals surface area (Å²) in [5, 5.41) is 10.5. The van der Waals surface area contributed by atoms with Crippen LogP contribution in [0.25, 0.3) is 0 Å². The third-order valence-corrected chi connectivity index (χ3v) is 4.32. The summed E-state index contributed by atoms with van der Waals surface area (Å²) in [6.07, 6.45) is 3.77. The van der Waals surface area contributed by atoms with Gasteiger partial charge in [-0.1, -0.05) is 18.7 Å². The Morgan fingerprint density at radius 1 is 1.62 bits per heavy atom. The molecule has 2 rings (SSSR count). The SMILES string of the molecule is CCCn1c(SCCC(NC2CC2)C(=O)OC)n[nH]c1=O. The highest BCUT2D eigenvalue weighted by Gasteiger charge is 2.28. The lowest BCUT2D eigenvalue weighted by Crippen LogP contribution is -2.39. The van der Waals surface area contributed by atoms with Crippen molar-refractivity contribution in [3.8, 4) is 0 Å². The highest BCUT2D eigenvalue weighted by atomic mass is 32.2. The van der Waals surface area contributed by atoms with Gasteiger partial charge in [-0.15, -0.1) is 5.10 Å². The first kappa shape index (κ1) is 16.1. The molecular formula is C13H22N4O3S. The van der Waals surface area contributed by atoms with Crippen LogP contribution in [0.5, 0.6) is 0 Å². The molecule has 0 radical (unpaired) electrons. The molecule has 0 saturated heterocycles. The molecule has 1 aliphatic carbocycles. The van der Waals surface area contributed by atoms with E-state index in [-0.39, 0.29) is 17.7 Å². The lowest BCUT2D eigenvalue weighted by Gasteiger charge is -2.15. The predicted molar refractivity (Wildman–Crippen MR) is 80.4 cm³/mol. The molecule has 0 aromatic carbocycles. The lowest BCUT2D eigenvalue weighted by molar-refractivity contribution is -0.143. The number of rotatable bonds is 9. The first-order chi connectivity index (χ1) is 10.2. The van der Waals surface area contributed by atoms with Gasteiger partial charge in [0.15, 0.2) is 5.16 Å². The Morgan fingerprint density at radius 2 is 2.38 bits per heavy atom. The number of aromatic amines is 1. The molecule has 1 fully saturated rings. The molecule has 118 valence electrons. The number of hydrogen-bond acceptors (Lipinski definition) is 6. The zero-order valence-corrected chi connectivity index (χ0v) is 13.2. The summed E-state index contributed by atoms with van der Waals surface area (Å²) in [6.45, 7) is 2.67. The molecule has 1 aromatic rings. The van der Waals surface area contributed by atoms with Crippen LogP contribution >= 0.6 is 11.8 Å². The van der Waals surface area contributed by atoms with Gasteiger partial charge < -0.3 is 10.1 Å². The zero-order valence-electron chi connectivity index (χ0n) is 12.4. The fraction of sp³-hybridized carbons (Fsp3) is 0.769. The molecule has 0 aliphatic heterocycles. The molecule has 1 aromatic heterocycles. The Kier molecular flexibility index (Phi) is 5.86. The van der Waals surface area contributed by atoms with Gasteiger partial charge in [-0.05, 0) is 25.7 Å². The van der Waals surface area contributed by atoms with Gasteiger partial charge in [0, 0.05) is 18.3 Å². The second-order valence-corrected chi connectivity index (χ2v) is 6.18. The average molecular weight is 314 g/mol. The Bertz CT molecular complexity index is 524. The van der Waals surface area contributed by atoms with Crippen LogP contribution in [0.3, 0.4) is 0 Å². The zero-order chi connectivity index (χ0) is 15.2. The van der Waals surface area contributed by atoms with E-state index in [1.54, 1.807) is 4.57 Å². The monoisotopic (exact) mass is 314 g/mol. The van der Waals surface area contributed by atoms with E-state index in [9.17, 15) is 9.59 Å². The van der Waals surface area contributed by atoms with E-state index in [0.717, 1.165) is 19.3 Å². The van der Waals surface area contributed by atoms with E-state index < -0.39 is 0 Å². The van der Waals surface area contributed by atoms with E-state index in [2.05, 4.69) is 15.5 Å². The quantitative estimate of drug-likeness (QED) is 0.517. The van der Waals surface area contributed by atoms with Crippen molar-refractivity contribution in [2.45, 2.75) is 56.4 Å². The number of ether oxygens (including phenoxy) is 1. The molecule has 1 aliphatic rings. The minimum atomic E-state index is -0.278. The van der Waals surface area contributed by atoms with Gasteiger partial charge in [0.2, 0.25) is 0 Å². The predicted octanol–water partition coefficient (Wildman–Crippen LogP) is 0.757. The number of nitrogens with one attached hydrogen (secondary N) is 2. The molecule has 0 amide bonds. The second-order valence-electron chi connectivity index (χ2n) is 5.12. The number of carbonyl (C=O) groups excluding carboxylic acids is 1. The van der Waals surface area contributed by atoms with Crippen molar-refractivity contribution in [3.63, 3.8) is 0 Å².